The van der Waals surface area contributed by atoms with Crippen LogP contribution >= 0.6 is 0 Å². The molecule has 11 heteroatoms. The quantitative estimate of drug-likeness (QED) is 0.0733. The number of benzene rings is 5. The van der Waals surface area contributed by atoms with Crippen molar-refractivity contribution in [3.63, 3.8) is 0 Å². The second-order valence-electron chi connectivity index (χ2n) is 13.7. The molecule has 0 saturated carbocycles. The van der Waals surface area contributed by atoms with Gasteiger partial charge in [0.25, 0.3) is 23.5 Å². The van der Waals surface area contributed by atoms with Gasteiger partial charge in [-0.25, -0.2) is 0 Å². The summed E-state index contributed by atoms with van der Waals surface area (Å²) in [6, 6.07) is 44.5. The number of nitrogens with zero attached hydrogens (tertiary/aromatic N) is 3. The Labute approximate surface area is 513 Å². The number of rotatable bonds is 6. The van der Waals surface area contributed by atoms with E-state index in [9.17, 15) is 24.0 Å². The first kappa shape index (κ1) is 92.7. The molecule has 0 saturated heterocycles. The Bertz CT molecular complexity index is 2850. The van der Waals surface area contributed by atoms with E-state index in [1.54, 1.807) is 16.8 Å². The first-order valence-electron chi connectivity index (χ1n) is 30.7. The minimum absolute atomic E-state index is 0. The number of imide groups is 1. The third-order valence-corrected chi connectivity index (χ3v) is 9.74. The third kappa shape index (κ3) is 31.6. The van der Waals surface area contributed by atoms with Crippen molar-refractivity contribution in [2.24, 2.45) is 26.9 Å². The van der Waals surface area contributed by atoms with Gasteiger partial charge in [0.15, 0.2) is 0 Å². The fourth-order valence-electron chi connectivity index (χ4n) is 6.85. The Morgan fingerprint density at radius 3 is 1.25 bits per heavy atom. The number of primary amides is 1. The lowest BCUT2D eigenvalue weighted by Gasteiger charge is -2.03. The molecule has 3 aromatic heterocycles. The summed E-state index contributed by atoms with van der Waals surface area (Å²) in [5.74, 6) is -2.45. The standard InChI is InChI=1S/C19H14N2O2.C11H10N2O2.C9H9N.C9H10O2.12C2H6.CH4/c1-21-11-14(13-9-5-6-10-15(13)21)17-16(18(22)20-19(17)23)12-7-3-2-4-8-12;1-13-6-8(10(14)11(12)15)7-4-2-3-5-9(7)13;1-10-7-6-8-4-2-3-5-9(8)10;1-11-9(10)7-8-5-3-2-4-6-8;12*1-2;/h2-11H,1H3,(H,20,22,23);2-6H,1H3,(H2,12,15);2-7H,1H3;2-6H,7H2,1H3;12*1-2H3;1H4. The molecule has 0 bridgehead atoms. The highest BCUT2D eigenvalue weighted by Gasteiger charge is 2.33. The van der Waals surface area contributed by atoms with Crippen LogP contribution in [0.5, 0.6) is 0 Å². The van der Waals surface area contributed by atoms with Gasteiger partial charge in [0, 0.05) is 72.6 Å². The van der Waals surface area contributed by atoms with Gasteiger partial charge in [-0.2, -0.15) is 0 Å². The molecular formula is C73H119N5O6. The number of amides is 3. The van der Waals surface area contributed by atoms with Gasteiger partial charge in [0.05, 0.1) is 30.2 Å². The normalized spacial score (nSPS) is 9.19. The lowest BCUT2D eigenvalue weighted by Crippen LogP contribution is -2.22. The third-order valence-electron chi connectivity index (χ3n) is 9.74. The topological polar surface area (TPSA) is 147 Å². The van der Waals surface area contributed by atoms with E-state index < -0.39 is 11.7 Å². The summed E-state index contributed by atoms with van der Waals surface area (Å²) < 4.78 is 10.4. The number of hydrogen-bond acceptors (Lipinski definition) is 6. The van der Waals surface area contributed by atoms with Crippen molar-refractivity contribution >= 4 is 73.3 Å². The van der Waals surface area contributed by atoms with Gasteiger partial charge in [0.1, 0.15) is 0 Å². The van der Waals surface area contributed by atoms with Crippen LogP contribution < -0.4 is 11.1 Å². The van der Waals surface area contributed by atoms with Crippen molar-refractivity contribution in [1.29, 1.82) is 0 Å². The summed E-state index contributed by atoms with van der Waals surface area (Å²) in [6.45, 7) is 48.0. The highest BCUT2D eigenvalue weighted by molar-refractivity contribution is 6.50. The number of para-hydroxylation sites is 3. The predicted octanol–water partition coefficient (Wildman–Crippen LogP) is 20.1. The highest BCUT2D eigenvalue weighted by Crippen LogP contribution is 2.35. The van der Waals surface area contributed by atoms with Crippen LogP contribution in [0.4, 0.5) is 0 Å². The number of aromatic nitrogens is 3. The summed E-state index contributed by atoms with van der Waals surface area (Å²) in [4.78, 5) is 57.8. The van der Waals surface area contributed by atoms with E-state index in [-0.39, 0.29) is 25.2 Å². The molecule has 8 aromatic rings. The van der Waals surface area contributed by atoms with Gasteiger partial charge in [-0.3, -0.25) is 29.3 Å². The first-order valence-corrected chi connectivity index (χ1v) is 30.7. The largest absolute Gasteiger partial charge is 0.469 e. The molecule has 84 heavy (non-hydrogen) atoms. The Morgan fingerprint density at radius 2 is 0.810 bits per heavy atom. The molecule has 3 N–H and O–H groups in total. The fraction of sp³-hybridized carbons (Fsp3) is 0.411. The van der Waals surface area contributed by atoms with Crippen LogP contribution in [0.15, 0.2) is 158 Å². The average molecular weight is 1160 g/mol. The van der Waals surface area contributed by atoms with Crippen molar-refractivity contribution in [1.82, 2.24) is 19.0 Å². The van der Waals surface area contributed by atoms with Crippen LogP contribution in [-0.4, -0.2) is 50.3 Å². The summed E-state index contributed by atoms with van der Waals surface area (Å²) in [5, 5.41) is 5.45. The molecule has 0 fully saturated rings. The minimum Gasteiger partial charge on any atom is -0.469 e. The van der Waals surface area contributed by atoms with Gasteiger partial charge in [-0.05, 0) is 40.8 Å². The number of methoxy groups -OCH3 is 1. The number of fused-ring (bicyclic) bond motifs is 3. The molecule has 0 atom stereocenters. The summed E-state index contributed by atoms with van der Waals surface area (Å²) >= 11 is 0. The molecule has 1 aliphatic heterocycles. The Hall–Kier alpha value is -7.79. The number of ether oxygens (including phenoxy) is 1. The zero-order chi connectivity index (χ0) is 66.1. The second-order valence-corrected chi connectivity index (χ2v) is 13.7. The molecule has 3 amide bonds. The van der Waals surface area contributed by atoms with Crippen LogP contribution in [0.3, 0.4) is 0 Å². The molecule has 11 nitrogen and oxygen atoms in total. The molecule has 4 heterocycles. The van der Waals surface area contributed by atoms with Crippen molar-refractivity contribution in [3.8, 4) is 0 Å². The Kier molecular flexibility index (Phi) is 69.3. The number of carbonyl (C=O) groups excluding carboxylic acids is 5. The number of carbonyl (C=O) groups is 5. The number of aryl methyl sites for hydroxylation is 3. The maximum Gasteiger partial charge on any atom is 0.309 e. The number of esters is 1. The predicted molar refractivity (Wildman–Crippen MR) is 374 cm³/mol. The molecule has 0 aliphatic carbocycles. The fourth-order valence-corrected chi connectivity index (χ4v) is 6.85. The zero-order valence-electron chi connectivity index (χ0n) is 57.1. The van der Waals surface area contributed by atoms with Crippen molar-refractivity contribution in [2.75, 3.05) is 7.11 Å². The molecule has 9 rings (SSSR count). The van der Waals surface area contributed by atoms with E-state index in [4.69, 9.17) is 5.73 Å². The first-order chi connectivity index (χ1) is 40.5. The molecule has 1 aliphatic rings. The van der Waals surface area contributed by atoms with Crippen LogP contribution in [0.2, 0.25) is 0 Å². The van der Waals surface area contributed by atoms with Crippen LogP contribution in [0.1, 0.15) is 201 Å². The van der Waals surface area contributed by atoms with Gasteiger partial charge in [-0.1, -0.05) is 289 Å². The van der Waals surface area contributed by atoms with Gasteiger partial charge in [-0.15, -0.1) is 0 Å². The van der Waals surface area contributed by atoms with E-state index in [2.05, 4.69) is 58.2 Å². The average Bonchev–Trinajstić information content (AvgIpc) is 3.53. The minimum atomic E-state index is -0.925. The zero-order valence-corrected chi connectivity index (χ0v) is 57.1. The van der Waals surface area contributed by atoms with Crippen molar-refractivity contribution < 1.29 is 28.7 Å². The van der Waals surface area contributed by atoms with Gasteiger partial charge >= 0.3 is 5.97 Å². The van der Waals surface area contributed by atoms with Gasteiger partial charge in [0.2, 0.25) is 0 Å². The van der Waals surface area contributed by atoms with Crippen LogP contribution in [0.25, 0.3) is 43.9 Å². The monoisotopic (exact) mass is 1160 g/mol. The Morgan fingerprint density at radius 1 is 0.440 bits per heavy atom. The number of ketones is 1. The van der Waals surface area contributed by atoms with Crippen molar-refractivity contribution in [2.45, 2.75) is 180 Å². The van der Waals surface area contributed by atoms with E-state index in [1.165, 1.54) is 18.0 Å². The molecule has 0 unspecified atom stereocenters. The summed E-state index contributed by atoms with van der Waals surface area (Å²) in [7, 11) is 7.21. The van der Waals surface area contributed by atoms with Gasteiger partial charge < -0.3 is 24.2 Å². The van der Waals surface area contributed by atoms with Crippen molar-refractivity contribution in [3.05, 3.63) is 180 Å². The van der Waals surface area contributed by atoms with E-state index in [0.717, 1.165) is 38.5 Å². The van der Waals surface area contributed by atoms with E-state index in [0.29, 0.717) is 23.1 Å². The van der Waals surface area contributed by atoms with Crippen LogP contribution in [0, 0.1) is 0 Å². The maximum atomic E-state index is 12.4. The number of nitrogens with two attached hydrogens (primary N) is 1. The van der Waals surface area contributed by atoms with E-state index in [1.807, 2.05) is 294 Å². The lowest BCUT2D eigenvalue weighted by molar-refractivity contribution is -0.139. The SMILES string of the molecule is C.CC.CC.CC.CC.CC.CC.CC.CC.CC.CC.CC.CC.COC(=O)Cc1ccccc1.Cn1cc(C(=O)C(N)=O)c2ccccc21.Cn1cc(C2=C(c3ccccc3)C(=O)NC2=O)c2ccccc21.Cn1ccc2ccccc21. The maximum absolute atomic E-state index is 12.4. The van der Waals surface area contributed by atoms with E-state index >= 15 is 0 Å². The number of nitrogens with one attached hydrogen (secondary N) is 1. The second kappa shape index (κ2) is 62.8. The molecule has 472 valence electrons. The molecular weight excluding hydrogens is 1040 g/mol. The molecule has 5 aromatic carbocycles. The summed E-state index contributed by atoms with van der Waals surface area (Å²) in [6.07, 6.45) is 5.96. The van der Waals surface area contributed by atoms with Crippen LogP contribution in [-0.2, 0) is 51.5 Å². The number of Topliss-reactive ketones (excluding diaryl/α,β-unsaturated/α-hetero) is 1. The highest BCUT2D eigenvalue weighted by atomic mass is 16.5. The molecule has 0 radical (unpaired) electrons. The lowest BCUT2D eigenvalue weighted by atomic mass is 9.96. The Balaban J connectivity index is -0.000000140. The number of hydrogen-bond donors (Lipinski definition) is 2. The molecule has 0 spiro atoms. The smallest absolute Gasteiger partial charge is 0.309 e. The summed E-state index contributed by atoms with van der Waals surface area (Å²) in [5.41, 5.74) is 12.0.